The van der Waals surface area contributed by atoms with Gasteiger partial charge in [-0.05, 0) is 37.1 Å². The molecule has 1 aliphatic rings. The van der Waals surface area contributed by atoms with Crippen LogP contribution in [0.1, 0.15) is 22.8 Å². The van der Waals surface area contributed by atoms with Crippen molar-refractivity contribution in [2.75, 3.05) is 29.9 Å². The van der Waals surface area contributed by atoms with Crippen molar-refractivity contribution in [1.29, 1.82) is 0 Å². The van der Waals surface area contributed by atoms with Crippen molar-refractivity contribution in [3.05, 3.63) is 59.7 Å². The quantitative estimate of drug-likeness (QED) is 0.778. The zero-order valence-electron chi connectivity index (χ0n) is 14.6. The van der Waals surface area contributed by atoms with E-state index in [1.54, 1.807) is 36.1 Å². The number of hydrogen-bond acceptors (Lipinski definition) is 5. The summed E-state index contributed by atoms with van der Waals surface area (Å²) < 4.78 is 5.41. The topological polar surface area (TPSA) is 78.9 Å². The molecule has 0 bridgehead atoms. The predicted molar refractivity (Wildman–Crippen MR) is 99.4 cm³/mol. The second-order valence-electron chi connectivity index (χ2n) is 6.11. The molecule has 2 aromatic rings. The van der Waals surface area contributed by atoms with Crippen LogP contribution in [0.25, 0.3) is 0 Å². The first-order valence-corrected chi connectivity index (χ1v) is 8.66. The predicted octanol–water partition coefficient (Wildman–Crippen LogP) is 2.23. The molecule has 2 aromatic carbocycles. The number of para-hydroxylation sites is 2. The van der Waals surface area contributed by atoms with Gasteiger partial charge in [0.2, 0.25) is 0 Å². The van der Waals surface area contributed by atoms with Gasteiger partial charge >= 0.3 is 5.97 Å². The summed E-state index contributed by atoms with van der Waals surface area (Å²) in [6, 6.07) is 14.6. The highest BCUT2D eigenvalue weighted by molar-refractivity contribution is 6.01. The van der Waals surface area contributed by atoms with Gasteiger partial charge in [0.25, 0.3) is 5.91 Å². The van der Waals surface area contributed by atoms with Gasteiger partial charge in [0.05, 0.1) is 12.2 Å². The van der Waals surface area contributed by atoms with Crippen LogP contribution < -0.4 is 10.2 Å². The Morgan fingerprint density at radius 1 is 1.19 bits per heavy atom. The van der Waals surface area contributed by atoms with Gasteiger partial charge in [-0.1, -0.05) is 30.3 Å². The molecule has 0 saturated carbocycles. The Morgan fingerprint density at radius 2 is 1.92 bits per heavy atom. The first-order valence-electron chi connectivity index (χ1n) is 8.66. The number of aliphatic hydroxyl groups excluding tert-OH is 1. The fourth-order valence-corrected chi connectivity index (χ4v) is 3.07. The third-order valence-electron chi connectivity index (χ3n) is 4.36. The lowest BCUT2D eigenvalue weighted by atomic mass is 10.1. The second kappa shape index (κ2) is 8.01. The largest absolute Gasteiger partial charge is 0.449 e. The minimum atomic E-state index is -0.889. The standard InChI is InChI=1S/C20H22N2O4/c1-14(19(24)22-12-10-15-6-2-5-9-18(15)22)26-20(25)16-7-3-4-8-17(16)21-11-13-23/h2-9,14,21,23H,10-13H2,1H3. The maximum absolute atomic E-state index is 12.7. The van der Waals surface area contributed by atoms with E-state index in [4.69, 9.17) is 9.84 Å². The number of carbonyl (C=O) groups is 2. The van der Waals surface area contributed by atoms with Gasteiger partial charge in [0.15, 0.2) is 6.10 Å². The Bertz CT molecular complexity index is 806. The molecule has 1 unspecified atom stereocenters. The smallest absolute Gasteiger partial charge is 0.341 e. The first kappa shape index (κ1) is 17.9. The molecule has 6 nitrogen and oxygen atoms in total. The molecule has 0 spiro atoms. The third-order valence-corrected chi connectivity index (χ3v) is 4.36. The first-order chi connectivity index (χ1) is 12.6. The molecule has 0 aromatic heterocycles. The van der Waals surface area contributed by atoms with E-state index in [9.17, 15) is 9.59 Å². The monoisotopic (exact) mass is 354 g/mol. The van der Waals surface area contributed by atoms with Crippen LogP contribution in [0.4, 0.5) is 11.4 Å². The molecule has 0 aliphatic carbocycles. The third kappa shape index (κ3) is 3.70. The number of benzene rings is 2. The van der Waals surface area contributed by atoms with Gasteiger partial charge in [-0.3, -0.25) is 4.79 Å². The van der Waals surface area contributed by atoms with E-state index in [-0.39, 0.29) is 12.5 Å². The van der Waals surface area contributed by atoms with E-state index in [1.807, 2.05) is 24.3 Å². The summed E-state index contributed by atoms with van der Waals surface area (Å²) in [6.07, 6.45) is -0.0872. The van der Waals surface area contributed by atoms with Crippen LogP contribution in [-0.2, 0) is 16.0 Å². The Morgan fingerprint density at radius 3 is 2.73 bits per heavy atom. The van der Waals surface area contributed by atoms with Crippen LogP contribution in [0.2, 0.25) is 0 Å². The van der Waals surface area contributed by atoms with Crippen LogP contribution >= 0.6 is 0 Å². The van der Waals surface area contributed by atoms with Gasteiger partial charge in [-0.25, -0.2) is 4.79 Å². The second-order valence-corrected chi connectivity index (χ2v) is 6.11. The van der Waals surface area contributed by atoms with Crippen LogP contribution in [0, 0.1) is 0 Å². The normalized spacial score (nSPS) is 13.8. The highest BCUT2D eigenvalue weighted by atomic mass is 16.5. The van der Waals surface area contributed by atoms with Crippen molar-refractivity contribution >= 4 is 23.3 Å². The Balaban J connectivity index is 1.69. The number of esters is 1. The highest BCUT2D eigenvalue weighted by Gasteiger charge is 2.30. The van der Waals surface area contributed by atoms with Crippen LogP contribution in [0.5, 0.6) is 0 Å². The van der Waals surface area contributed by atoms with Crippen molar-refractivity contribution in [1.82, 2.24) is 0 Å². The summed E-state index contributed by atoms with van der Waals surface area (Å²) in [4.78, 5) is 26.9. The van der Waals surface area contributed by atoms with Crippen molar-refractivity contribution < 1.29 is 19.4 Å². The van der Waals surface area contributed by atoms with Crippen LogP contribution in [0.3, 0.4) is 0 Å². The number of nitrogens with one attached hydrogen (secondary N) is 1. The number of nitrogens with zero attached hydrogens (tertiary/aromatic N) is 1. The van der Waals surface area contributed by atoms with Crippen molar-refractivity contribution in [2.24, 2.45) is 0 Å². The lowest BCUT2D eigenvalue weighted by Gasteiger charge is -2.22. The van der Waals surface area contributed by atoms with E-state index in [2.05, 4.69) is 5.32 Å². The van der Waals surface area contributed by atoms with Crippen LogP contribution in [-0.4, -0.2) is 42.8 Å². The molecule has 136 valence electrons. The van der Waals surface area contributed by atoms with Gasteiger partial charge in [0.1, 0.15) is 0 Å². The SMILES string of the molecule is CC(OC(=O)c1ccccc1NCCO)C(=O)N1CCc2ccccc21. The maximum Gasteiger partial charge on any atom is 0.341 e. The Labute approximate surface area is 152 Å². The van der Waals surface area contributed by atoms with Crippen molar-refractivity contribution in [3.8, 4) is 0 Å². The molecule has 2 N–H and O–H groups in total. The molecule has 1 aliphatic heterocycles. The summed E-state index contributed by atoms with van der Waals surface area (Å²) >= 11 is 0. The number of amides is 1. The maximum atomic E-state index is 12.7. The van der Waals surface area contributed by atoms with Crippen LogP contribution in [0.15, 0.2) is 48.5 Å². The van der Waals surface area contributed by atoms with Gasteiger partial charge in [0, 0.05) is 24.5 Å². The summed E-state index contributed by atoms with van der Waals surface area (Å²) in [5.41, 5.74) is 2.91. The zero-order valence-corrected chi connectivity index (χ0v) is 14.6. The molecule has 6 heteroatoms. The average molecular weight is 354 g/mol. The zero-order chi connectivity index (χ0) is 18.5. The number of aliphatic hydroxyl groups is 1. The number of anilines is 2. The number of carbonyl (C=O) groups excluding carboxylic acids is 2. The van der Waals surface area contributed by atoms with Crippen molar-refractivity contribution in [2.45, 2.75) is 19.4 Å². The fraction of sp³-hybridized carbons (Fsp3) is 0.300. The summed E-state index contributed by atoms with van der Waals surface area (Å²) in [5, 5.41) is 11.9. The molecule has 0 fully saturated rings. The van der Waals surface area contributed by atoms with Gasteiger partial charge in [-0.15, -0.1) is 0 Å². The van der Waals surface area contributed by atoms with Gasteiger partial charge in [-0.2, -0.15) is 0 Å². The molecule has 0 saturated heterocycles. The fourth-order valence-electron chi connectivity index (χ4n) is 3.07. The molecule has 0 radical (unpaired) electrons. The lowest BCUT2D eigenvalue weighted by molar-refractivity contribution is -0.126. The summed E-state index contributed by atoms with van der Waals surface area (Å²) in [6.45, 7) is 2.45. The molecule has 26 heavy (non-hydrogen) atoms. The van der Waals surface area contributed by atoms with E-state index in [0.717, 1.165) is 17.7 Å². The number of ether oxygens (including phenoxy) is 1. The highest BCUT2D eigenvalue weighted by Crippen LogP contribution is 2.28. The minimum Gasteiger partial charge on any atom is -0.449 e. The van der Waals surface area contributed by atoms with E-state index in [0.29, 0.717) is 24.3 Å². The molecule has 3 rings (SSSR count). The summed E-state index contributed by atoms with van der Waals surface area (Å²) in [5.74, 6) is -0.802. The van der Waals surface area contributed by atoms with E-state index < -0.39 is 12.1 Å². The number of rotatable bonds is 6. The molecule has 1 heterocycles. The molecule has 1 atom stereocenters. The van der Waals surface area contributed by atoms with Gasteiger partial charge < -0.3 is 20.1 Å². The molecular formula is C20H22N2O4. The molecule has 1 amide bonds. The van der Waals surface area contributed by atoms with E-state index >= 15 is 0 Å². The van der Waals surface area contributed by atoms with Crippen molar-refractivity contribution in [3.63, 3.8) is 0 Å². The summed E-state index contributed by atoms with van der Waals surface area (Å²) in [7, 11) is 0. The lowest BCUT2D eigenvalue weighted by Crippen LogP contribution is -2.39. The van der Waals surface area contributed by atoms with E-state index in [1.165, 1.54) is 0 Å². The Kier molecular flexibility index (Phi) is 5.53. The Hall–Kier alpha value is -2.86. The number of fused-ring (bicyclic) bond motifs is 1. The number of hydrogen-bond donors (Lipinski definition) is 2. The average Bonchev–Trinajstić information content (AvgIpc) is 3.10. The minimum absolute atomic E-state index is 0.0490. The molecular weight excluding hydrogens is 332 g/mol.